The Morgan fingerprint density at radius 3 is 2.43 bits per heavy atom. The Hall–Kier alpha value is 0. The number of hydrogen-bond donors (Lipinski definition) is 0. The van der Waals surface area contributed by atoms with Gasteiger partial charge in [-0.1, -0.05) is 40.5 Å². The minimum absolute atomic E-state index is 0.745. The van der Waals surface area contributed by atoms with Crippen molar-refractivity contribution in [2.75, 3.05) is 0 Å². The molecular formula is C14H26. The van der Waals surface area contributed by atoms with Crippen LogP contribution in [0.1, 0.15) is 59.8 Å². The highest BCUT2D eigenvalue weighted by Gasteiger charge is 2.51. The molecule has 5 atom stereocenters. The molecular weight excluding hydrogens is 168 g/mol. The molecule has 82 valence electrons. The highest BCUT2D eigenvalue weighted by Crippen LogP contribution is 2.60. The van der Waals surface area contributed by atoms with Crippen LogP contribution in [0.5, 0.6) is 0 Å². The Bertz CT molecular complexity index is 208. The zero-order chi connectivity index (χ0) is 10.3. The topological polar surface area (TPSA) is 0 Å². The predicted molar refractivity (Wildman–Crippen MR) is 62.2 cm³/mol. The van der Waals surface area contributed by atoms with Gasteiger partial charge in [0.1, 0.15) is 0 Å². The molecule has 0 nitrogen and oxygen atoms in total. The van der Waals surface area contributed by atoms with E-state index in [1.54, 1.807) is 0 Å². The molecule has 0 saturated heterocycles. The summed E-state index contributed by atoms with van der Waals surface area (Å²) in [4.78, 5) is 0. The maximum atomic E-state index is 2.51. The summed E-state index contributed by atoms with van der Waals surface area (Å²) in [6.07, 6.45) is 7.38. The zero-order valence-electron chi connectivity index (χ0n) is 10.3. The van der Waals surface area contributed by atoms with Crippen LogP contribution in [0.2, 0.25) is 0 Å². The van der Waals surface area contributed by atoms with Crippen molar-refractivity contribution in [3.05, 3.63) is 0 Å². The average Bonchev–Trinajstić information content (AvgIpc) is 3.00. The third-order valence-corrected chi connectivity index (χ3v) is 5.05. The van der Waals surface area contributed by atoms with Gasteiger partial charge in [0.05, 0.1) is 0 Å². The summed E-state index contributed by atoms with van der Waals surface area (Å²) >= 11 is 0. The molecule has 14 heavy (non-hydrogen) atoms. The lowest BCUT2D eigenvalue weighted by Gasteiger charge is -2.17. The van der Waals surface area contributed by atoms with Gasteiger partial charge in [-0.25, -0.2) is 0 Å². The van der Waals surface area contributed by atoms with Crippen molar-refractivity contribution in [1.82, 2.24) is 0 Å². The molecule has 0 N–H and O–H groups in total. The van der Waals surface area contributed by atoms with Crippen molar-refractivity contribution in [3.8, 4) is 0 Å². The quantitative estimate of drug-likeness (QED) is 0.604. The maximum absolute atomic E-state index is 2.51. The van der Waals surface area contributed by atoms with Gasteiger partial charge in [0.2, 0.25) is 0 Å². The van der Waals surface area contributed by atoms with E-state index in [0.717, 1.165) is 29.1 Å². The Balaban J connectivity index is 1.76. The summed E-state index contributed by atoms with van der Waals surface area (Å²) < 4.78 is 0. The molecule has 0 aromatic heterocycles. The molecule has 2 aliphatic rings. The molecule has 2 saturated carbocycles. The molecule has 0 heteroatoms. The molecule has 2 rings (SSSR count). The van der Waals surface area contributed by atoms with Crippen LogP contribution >= 0.6 is 0 Å². The Morgan fingerprint density at radius 2 is 2.00 bits per heavy atom. The van der Waals surface area contributed by atoms with Crippen LogP contribution in [0.3, 0.4) is 0 Å². The summed E-state index contributed by atoms with van der Waals surface area (Å²) in [6, 6.07) is 0. The largest absolute Gasteiger partial charge is 0.0651 e. The van der Waals surface area contributed by atoms with Crippen molar-refractivity contribution in [2.24, 2.45) is 29.1 Å². The lowest BCUT2D eigenvalue weighted by atomic mass is 9.88. The summed E-state index contributed by atoms with van der Waals surface area (Å²) in [5, 5.41) is 0. The van der Waals surface area contributed by atoms with Crippen LogP contribution in [-0.2, 0) is 0 Å². The Kier molecular flexibility index (Phi) is 2.66. The van der Waals surface area contributed by atoms with Crippen LogP contribution in [0.15, 0.2) is 0 Å². The fourth-order valence-corrected chi connectivity index (χ4v) is 3.72. The van der Waals surface area contributed by atoms with E-state index in [-0.39, 0.29) is 0 Å². The molecule has 2 fully saturated rings. The van der Waals surface area contributed by atoms with Gasteiger partial charge in [0.25, 0.3) is 0 Å². The van der Waals surface area contributed by atoms with E-state index in [1.807, 2.05) is 0 Å². The minimum atomic E-state index is 0.745. The van der Waals surface area contributed by atoms with E-state index < -0.39 is 0 Å². The Labute approximate surface area is 89.5 Å². The van der Waals surface area contributed by atoms with E-state index in [1.165, 1.54) is 32.1 Å². The average molecular weight is 194 g/mol. The van der Waals surface area contributed by atoms with Crippen LogP contribution in [-0.4, -0.2) is 0 Å². The van der Waals surface area contributed by atoms with Gasteiger partial charge in [0, 0.05) is 0 Å². The summed E-state index contributed by atoms with van der Waals surface area (Å²) in [5.41, 5.74) is 0.745. The molecule has 0 spiro atoms. The first kappa shape index (κ1) is 10.5. The summed E-state index contributed by atoms with van der Waals surface area (Å²) in [5.74, 6) is 4.24. The molecule has 0 amide bonds. The van der Waals surface area contributed by atoms with Gasteiger partial charge < -0.3 is 0 Å². The van der Waals surface area contributed by atoms with Crippen LogP contribution in [0.4, 0.5) is 0 Å². The third kappa shape index (κ3) is 1.85. The summed E-state index contributed by atoms with van der Waals surface area (Å²) in [7, 11) is 0. The number of rotatable bonds is 5. The van der Waals surface area contributed by atoms with Crippen LogP contribution in [0.25, 0.3) is 0 Å². The van der Waals surface area contributed by atoms with Gasteiger partial charge in [0.15, 0.2) is 0 Å². The standard InChI is InChI=1S/C14H26/c1-5-11-7-13(11)10(3)8-14(4)9-12(14)6-2/h10-13H,5-9H2,1-4H3. The van der Waals surface area contributed by atoms with E-state index in [2.05, 4.69) is 27.7 Å². The number of hydrogen-bond acceptors (Lipinski definition) is 0. The smallest absolute Gasteiger partial charge is 0.0292 e. The predicted octanol–water partition coefficient (Wildman–Crippen LogP) is 4.49. The SMILES string of the molecule is CCC1CC1C(C)CC1(C)CC1CC. The molecule has 0 bridgehead atoms. The first-order valence-electron chi connectivity index (χ1n) is 6.60. The van der Waals surface area contributed by atoms with Gasteiger partial charge in [-0.2, -0.15) is 0 Å². The van der Waals surface area contributed by atoms with Gasteiger partial charge >= 0.3 is 0 Å². The fourth-order valence-electron chi connectivity index (χ4n) is 3.72. The molecule has 0 radical (unpaired) electrons. The van der Waals surface area contributed by atoms with Crippen molar-refractivity contribution in [3.63, 3.8) is 0 Å². The van der Waals surface area contributed by atoms with Crippen molar-refractivity contribution in [2.45, 2.75) is 59.8 Å². The molecule has 0 heterocycles. The molecule has 0 aromatic rings. The molecule has 2 aliphatic carbocycles. The normalized spacial score (nSPS) is 47.6. The van der Waals surface area contributed by atoms with Crippen LogP contribution in [0, 0.1) is 29.1 Å². The second-order valence-electron chi connectivity index (χ2n) is 6.21. The van der Waals surface area contributed by atoms with Crippen molar-refractivity contribution in [1.29, 1.82) is 0 Å². The van der Waals surface area contributed by atoms with Gasteiger partial charge in [-0.05, 0) is 48.3 Å². The third-order valence-electron chi connectivity index (χ3n) is 5.05. The monoisotopic (exact) mass is 194 g/mol. The van der Waals surface area contributed by atoms with Crippen LogP contribution < -0.4 is 0 Å². The molecule has 0 aliphatic heterocycles. The first-order valence-corrected chi connectivity index (χ1v) is 6.60. The Morgan fingerprint density at radius 1 is 1.29 bits per heavy atom. The summed E-state index contributed by atoms with van der Waals surface area (Å²) in [6.45, 7) is 9.72. The van der Waals surface area contributed by atoms with E-state index in [4.69, 9.17) is 0 Å². The lowest BCUT2D eigenvalue weighted by molar-refractivity contribution is 0.326. The van der Waals surface area contributed by atoms with Gasteiger partial charge in [-0.3, -0.25) is 0 Å². The second-order valence-corrected chi connectivity index (χ2v) is 6.21. The fraction of sp³-hybridized carbons (Fsp3) is 1.00. The second kappa shape index (κ2) is 3.54. The van der Waals surface area contributed by atoms with E-state index in [9.17, 15) is 0 Å². The van der Waals surface area contributed by atoms with E-state index >= 15 is 0 Å². The van der Waals surface area contributed by atoms with Crippen molar-refractivity contribution >= 4 is 0 Å². The molecule has 5 unspecified atom stereocenters. The highest BCUT2D eigenvalue weighted by molar-refractivity contribution is 5.01. The highest BCUT2D eigenvalue weighted by atomic mass is 14.6. The zero-order valence-corrected chi connectivity index (χ0v) is 10.3. The first-order chi connectivity index (χ1) is 6.60. The lowest BCUT2D eigenvalue weighted by Crippen LogP contribution is -2.08. The minimum Gasteiger partial charge on any atom is -0.0651 e. The van der Waals surface area contributed by atoms with E-state index in [0.29, 0.717) is 0 Å². The van der Waals surface area contributed by atoms with Gasteiger partial charge in [-0.15, -0.1) is 0 Å². The maximum Gasteiger partial charge on any atom is -0.0292 e. The van der Waals surface area contributed by atoms with Crippen molar-refractivity contribution < 1.29 is 0 Å². The molecule has 0 aromatic carbocycles.